The van der Waals surface area contributed by atoms with Crippen LogP contribution in [0, 0.1) is 0 Å². The predicted molar refractivity (Wildman–Crippen MR) is 34.2 cm³/mol. The summed E-state index contributed by atoms with van der Waals surface area (Å²) in [4.78, 5) is 22.6. The quantitative estimate of drug-likeness (QED) is 0.344. The van der Waals surface area contributed by atoms with Gasteiger partial charge in [0.2, 0.25) is 0 Å². The van der Waals surface area contributed by atoms with Gasteiger partial charge in [-0.2, -0.15) is 0 Å². The predicted octanol–water partition coefficient (Wildman–Crippen LogP) is -1.67. The third-order valence-electron chi connectivity index (χ3n) is 0. The second kappa shape index (κ2) is 6.75. The van der Waals surface area contributed by atoms with Gasteiger partial charge in [-0.15, -0.1) is 0 Å². The van der Waals surface area contributed by atoms with E-state index >= 15 is 0 Å². The van der Waals surface area contributed by atoms with Crippen LogP contribution in [0.3, 0.4) is 0 Å². The Bertz CT molecular complexity index is 40.8. The molecule has 0 saturated carbocycles. The standard InChI is InChI=1S/ClH3O3Si.Mg.Sr.4H/c1-5(2,3)4;;;;;;/h2-4H;;;;;;/q;2*+2;4*-1. The molecular formula is H7ClMgO3SiSr. The van der Waals surface area contributed by atoms with Crippen molar-refractivity contribution in [1.29, 1.82) is 0 Å². The molecule has 0 rings (SSSR count). The van der Waals surface area contributed by atoms with E-state index in [0.717, 1.165) is 0 Å². The SMILES string of the molecule is O[Si](O)(O)Cl.[H-].[H-].[H-].[H-].[Mg+2].[Sr+2]. The van der Waals surface area contributed by atoms with Crippen molar-refractivity contribution in [3.05, 3.63) is 0 Å². The molecule has 0 spiro atoms. The largest absolute Gasteiger partial charge is 2.00 e. The number of hydrogen-bond donors (Lipinski definition) is 3. The molecule has 7 heavy (non-hydrogen) atoms. The summed E-state index contributed by atoms with van der Waals surface area (Å²) in [6.07, 6.45) is 0. The van der Waals surface area contributed by atoms with Gasteiger partial charge >= 0.3 is 76.6 Å². The molecule has 0 atom stereocenters. The van der Waals surface area contributed by atoms with Crippen LogP contribution in [0.25, 0.3) is 0 Å². The van der Waals surface area contributed by atoms with Crippen LogP contribution in [-0.4, -0.2) is 91.0 Å². The van der Waals surface area contributed by atoms with Gasteiger partial charge in [0.25, 0.3) is 0 Å². The molecule has 0 aliphatic carbocycles. The van der Waals surface area contributed by atoms with Crippen LogP contribution < -0.4 is 0 Å². The fraction of sp³-hybridized carbons (Fsp3) is 0. The van der Waals surface area contributed by atoms with E-state index in [1.807, 2.05) is 0 Å². The second-order valence-corrected chi connectivity index (χ2v) is 3.18. The van der Waals surface area contributed by atoms with Gasteiger partial charge in [0.05, 0.1) is 0 Å². The second-order valence-electron chi connectivity index (χ2n) is 0.554. The molecule has 0 aromatic carbocycles. The summed E-state index contributed by atoms with van der Waals surface area (Å²) >= 11 is 4.34. The van der Waals surface area contributed by atoms with Gasteiger partial charge in [-0.25, -0.2) is 0 Å². The van der Waals surface area contributed by atoms with Gasteiger partial charge in [0, 0.05) is 0 Å². The summed E-state index contributed by atoms with van der Waals surface area (Å²) in [7, 11) is -4.14. The Morgan fingerprint density at radius 1 is 1.29 bits per heavy atom. The maximum atomic E-state index is 7.54. The molecule has 3 nitrogen and oxygen atoms in total. The molecule has 0 aliphatic rings. The smallest absolute Gasteiger partial charge is 1.00 e. The molecule has 0 fully saturated rings. The molecule has 0 saturated heterocycles. The summed E-state index contributed by atoms with van der Waals surface area (Å²) in [6.45, 7) is 0. The molecule has 7 heteroatoms. The Morgan fingerprint density at radius 2 is 1.29 bits per heavy atom. The Morgan fingerprint density at radius 3 is 1.29 bits per heavy atom. The van der Waals surface area contributed by atoms with Gasteiger partial charge in [-0.1, -0.05) is 11.1 Å². The van der Waals surface area contributed by atoms with Crippen LogP contribution in [0.15, 0.2) is 0 Å². The first-order valence-electron chi connectivity index (χ1n) is 0.860. The average molecular weight is 231 g/mol. The molecule has 0 aliphatic heterocycles. The van der Waals surface area contributed by atoms with E-state index in [4.69, 9.17) is 14.4 Å². The fourth-order valence-corrected chi connectivity index (χ4v) is 0. The summed E-state index contributed by atoms with van der Waals surface area (Å²) in [6, 6.07) is 0. The van der Waals surface area contributed by atoms with Crippen molar-refractivity contribution in [2.45, 2.75) is 0 Å². The van der Waals surface area contributed by atoms with Crippen molar-refractivity contribution in [3.8, 4) is 0 Å². The van der Waals surface area contributed by atoms with Crippen molar-refractivity contribution < 1.29 is 20.1 Å². The molecule has 3 N–H and O–H groups in total. The van der Waals surface area contributed by atoms with Crippen LogP contribution in [-0.2, 0) is 0 Å². The maximum absolute atomic E-state index is 7.54. The molecule has 0 aromatic heterocycles. The molecule has 0 unspecified atom stereocenters. The zero-order valence-electron chi connectivity index (χ0n) is 7.63. The Hall–Kier alpha value is 2.63. The van der Waals surface area contributed by atoms with Crippen LogP contribution >= 0.6 is 11.1 Å². The van der Waals surface area contributed by atoms with Crippen molar-refractivity contribution in [3.63, 3.8) is 0 Å². The van der Waals surface area contributed by atoms with E-state index in [1.54, 1.807) is 0 Å². The monoisotopic (exact) mass is 230 g/mol. The van der Waals surface area contributed by atoms with Gasteiger partial charge in [0.15, 0.2) is 0 Å². The van der Waals surface area contributed by atoms with E-state index in [2.05, 4.69) is 11.1 Å². The molecule has 40 valence electrons. The minimum absolute atomic E-state index is 0. The van der Waals surface area contributed by atoms with Gasteiger partial charge in [-0.3, -0.25) is 0 Å². The van der Waals surface area contributed by atoms with E-state index in [1.165, 1.54) is 0 Å². The molecule has 0 aromatic rings. The van der Waals surface area contributed by atoms with Gasteiger partial charge in [0.1, 0.15) is 0 Å². The normalized spacial score (nSPS) is 8.57. The van der Waals surface area contributed by atoms with Crippen LogP contribution in [0.5, 0.6) is 0 Å². The first-order valence-corrected chi connectivity index (χ1v) is 3.71. The maximum Gasteiger partial charge on any atom is 2.00 e. The molecule has 0 amide bonds. The van der Waals surface area contributed by atoms with E-state index in [-0.39, 0.29) is 74.2 Å². The Labute approximate surface area is 106 Å². The number of halogens is 1. The third kappa shape index (κ3) is 54.8. The van der Waals surface area contributed by atoms with Crippen molar-refractivity contribution >= 4 is 87.7 Å². The van der Waals surface area contributed by atoms with Crippen molar-refractivity contribution in [2.24, 2.45) is 0 Å². The molecule has 0 radical (unpaired) electrons. The topological polar surface area (TPSA) is 60.7 Å². The zero-order valence-corrected chi connectivity index (χ0v) is 10.3. The molecule has 0 heterocycles. The van der Waals surface area contributed by atoms with E-state index in [0.29, 0.717) is 0 Å². The number of rotatable bonds is 0. The summed E-state index contributed by atoms with van der Waals surface area (Å²) < 4.78 is 0. The van der Waals surface area contributed by atoms with Gasteiger partial charge in [-0.05, 0) is 0 Å². The first-order chi connectivity index (χ1) is 2.00. The Balaban J connectivity index is -0.00000000533. The average Bonchev–Trinajstić information content (AvgIpc) is 0.722. The number of hydrogen-bond acceptors (Lipinski definition) is 3. The van der Waals surface area contributed by atoms with E-state index < -0.39 is 8.11 Å². The van der Waals surface area contributed by atoms with E-state index in [9.17, 15) is 0 Å². The zero-order chi connectivity index (χ0) is 4.50. The van der Waals surface area contributed by atoms with Crippen molar-refractivity contribution in [1.82, 2.24) is 0 Å². The Kier molecular flexibility index (Phi) is 15.7. The van der Waals surface area contributed by atoms with Crippen LogP contribution in [0.2, 0.25) is 0 Å². The van der Waals surface area contributed by atoms with Crippen LogP contribution in [0.4, 0.5) is 0 Å². The fourth-order valence-electron chi connectivity index (χ4n) is 0. The van der Waals surface area contributed by atoms with Crippen LogP contribution in [0.1, 0.15) is 5.71 Å². The minimum atomic E-state index is -4.14. The molecule has 0 bridgehead atoms. The molecular weight excluding hydrogens is 223 g/mol. The van der Waals surface area contributed by atoms with Gasteiger partial charge < -0.3 is 20.1 Å². The summed E-state index contributed by atoms with van der Waals surface area (Å²) in [5, 5.41) is 0. The first kappa shape index (κ1) is 16.3. The third-order valence-corrected chi connectivity index (χ3v) is 0. The minimum Gasteiger partial charge on any atom is -1.00 e. The summed E-state index contributed by atoms with van der Waals surface area (Å²) in [5.41, 5.74) is 0. The summed E-state index contributed by atoms with van der Waals surface area (Å²) in [5.74, 6) is 0. The van der Waals surface area contributed by atoms with Crippen molar-refractivity contribution in [2.75, 3.05) is 0 Å².